The molecule has 102 valence electrons. The lowest BCUT2D eigenvalue weighted by Crippen LogP contribution is -2.23. The van der Waals surface area contributed by atoms with E-state index in [1.807, 2.05) is 13.0 Å². The molecule has 18 heavy (non-hydrogen) atoms. The van der Waals surface area contributed by atoms with Gasteiger partial charge in [-0.15, -0.1) is 0 Å². The Morgan fingerprint density at radius 1 is 1.17 bits per heavy atom. The van der Waals surface area contributed by atoms with Crippen LogP contribution in [0.25, 0.3) is 0 Å². The molecule has 2 N–H and O–H groups in total. The summed E-state index contributed by atoms with van der Waals surface area (Å²) >= 11 is 0. The standard InChI is InChI=1S/C16H26FN/c1-3-4-5-6-7-8-16(18)12-14-11-15(17)10-9-13(14)2/h9-11,16H,3-8,12,18H2,1-2H3. The third-order valence-corrected chi connectivity index (χ3v) is 3.47. The Kier molecular flexibility index (Phi) is 6.96. The summed E-state index contributed by atoms with van der Waals surface area (Å²) in [4.78, 5) is 0. The van der Waals surface area contributed by atoms with Crippen molar-refractivity contribution in [3.8, 4) is 0 Å². The molecule has 0 aromatic heterocycles. The van der Waals surface area contributed by atoms with Crippen LogP contribution in [0.4, 0.5) is 4.39 Å². The molecule has 1 nitrogen and oxygen atoms in total. The molecule has 0 aliphatic carbocycles. The van der Waals surface area contributed by atoms with Gasteiger partial charge < -0.3 is 5.73 Å². The zero-order valence-corrected chi connectivity index (χ0v) is 11.7. The van der Waals surface area contributed by atoms with Crippen LogP contribution in [0.5, 0.6) is 0 Å². The molecule has 1 aromatic carbocycles. The highest BCUT2D eigenvalue weighted by molar-refractivity contribution is 5.27. The summed E-state index contributed by atoms with van der Waals surface area (Å²) in [5, 5.41) is 0. The molecule has 1 aromatic rings. The molecule has 1 rings (SSSR count). The second kappa shape index (κ2) is 8.25. The summed E-state index contributed by atoms with van der Waals surface area (Å²) < 4.78 is 13.1. The van der Waals surface area contributed by atoms with Gasteiger partial charge in [0, 0.05) is 6.04 Å². The number of rotatable bonds is 8. The van der Waals surface area contributed by atoms with Gasteiger partial charge in [-0.3, -0.25) is 0 Å². The van der Waals surface area contributed by atoms with Gasteiger partial charge in [-0.25, -0.2) is 4.39 Å². The quantitative estimate of drug-likeness (QED) is 0.682. The van der Waals surface area contributed by atoms with E-state index in [0.29, 0.717) is 0 Å². The van der Waals surface area contributed by atoms with E-state index in [4.69, 9.17) is 5.73 Å². The molecule has 0 saturated carbocycles. The van der Waals surface area contributed by atoms with Gasteiger partial charge in [0.05, 0.1) is 0 Å². The van der Waals surface area contributed by atoms with Crippen molar-refractivity contribution in [1.29, 1.82) is 0 Å². The fourth-order valence-electron chi connectivity index (χ4n) is 2.25. The van der Waals surface area contributed by atoms with Gasteiger partial charge in [-0.2, -0.15) is 0 Å². The average Bonchev–Trinajstić information content (AvgIpc) is 2.33. The second-order valence-corrected chi connectivity index (χ2v) is 5.24. The Hall–Kier alpha value is -0.890. The number of nitrogens with two attached hydrogens (primary N) is 1. The summed E-state index contributed by atoms with van der Waals surface area (Å²) in [5.41, 5.74) is 8.31. The van der Waals surface area contributed by atoms with Gasteiger partial charge in [0.25, 0.3) is 0 Å². The number of hydrogen-bond acceptors (Lipinski definition) is 1. The van der Waals surface area contributed by atoms with Crippen molar-refractivity contribution in [1.82, 2.24) is 0 Å². The summed E-state index contributed by atoms with van der Waals surface area (Å²) in [6, 6.07) is 5.12. The van der Waals surface area contributed by atoms with Crippen LogP contribution >= 0.6 is 0 Å². The second-order valence-electron chi connectivity index (χ2n) is 5.24. The zero-order valence-electron chi connectivity index (χ0n) is 11.7. The Morgan fingerprint density at radius 2 is 1.89 bits per heavy atom. The van der Waals surface area contributed by atoms with Gasteiger partial charge in [0.2, 0.25) is 0 Å². The molecule has 0 aliphatic heterocycles. The number of unbranched alkanes of at least 4 members (excludes halogenated alkanes) is 4. The summed E-state index contributed by atoms with van der Waals surface area (Å²) in [5.74, 6) is -0.161. The normalized spacial score (nSPS) is 12.7. The van der Waals surface area contributed by atoms with Crippen molar-refractivity contribution >= 4 is 0 Å². The van der Waals surface area contributed by atoms with Crippen LogP contribution in [0, 0.1) is 12.7 Å². The molecule has 1 atom stereocenters. The van der Waals surface area contributed by atoms with E-state index in [1.54, 1.807) is 6.07 Å². The molecule has 0 saturated heterocycles. The van der Waals surface area contributed by atoms with Crippen molar-refractivity contribution in [3.05, 3.63) is 35.1 Å². The smallest absolute Gasteiger partial charge is 0.123 e. The molecule has 1 unspecified atom stereocenters. The Bertz CT molecular complexity index is 349. The van der Waals surface area contributed by atoms with E-state index in [1.165, 1.54) is 38.2 Å². The zero-order chi connectivity index (χ0) is 13.4. The van der Waals surface area contributed by atoms with Crippen molar-refractivity contribution in [3.63, 3.8) is 0 Å². The van der Waals surface area contributed by atoms with E-state index in [-0.39, 0.29) is 11.9 Å². The highest BCUT2D eigenvalue weighted by Crippen LogP contribution is 2.14. The Labute approximate surface area is 111 Å². The molecular weight excluding hydrogens is 225 g/mol. The minimum Gasteiger partial charge on any atom is -0.327 e. The predicted octanol–water partition coefficient (Wildman–Crippen LogP) is 4.36. The highest BCUT2D eigenvalue weighted by Gasteiger charge is 2.07. The SMILES string of the molecule is CCCCCCCC(N)Cc1cc(F)ccc1C. The van der Waals surface area contributed by atoms with Gasteiger partial charge >= 0.3 is 0 Å². The molecular formula is C16H26FN. The molecule has 0 fully saturated rings. The minimum atomic E-state index is -0.161. The lowest BCUT2D eigenvalue weighted by Gasteiger charge is -2.13. The molecule has 2 heteroatoms. The van der Waals surface area contributed by atoms with Crippen LogP contribution in [0.15, 0.2) is 18.2 Å². The third-order valence-electron chi connectivity index (χ3n) is 3.47. The van der Waals surface area contributed by atoms with Crippen LogP contribution in [0.1, 0.15) is 56.6 Å². The minimum absolute atomic E-state index is 0.159. The molecule has 0 heterocycles. The van der Waals surface area contributed by atoms with Gasteiger partial charge in [-0.05, 0) is 43.0 Å². The molecule has 0 amide bonds. The fourth-order valence-corrected chi connectivity index (χ4v) is 2.25. The maximum absolute atomic E-state index is 13.1. The van der Waals surface area contributed by atoms with Crippen LogP contribution in [-0.4, -0.2) is 6.04 Å². The first kappa shape index (κ1) is 15.2. The molecule has 0 radical (unpaired) electrons. The van der Waals surface area contributed by atoms with E-state index >= 15 is 0 Å². The van der Waals surface area contributed by atoms with Crippen molar-refractivity contribution < 1.29 is 4.39 Å². The number of halogens is 1. The van der Waals surface area contributed by atoms with Gasteiger partial charge in [0.1, 0.15) is 5.82 Å². The highest BCUT2D eigenvalue weighted by atomic mass is 19.1. The van der Waals surface area contributed by atoms with Crippen LogP contribution < -0.4 is 5.73 Å². The van der Waals surface area contributed by atoms with Gasteiger partial charge in [0.15, 0.2) is 0 Å². The summed E-state index contributed by atoms with van der Waals surface area (Å²) in [7, 11) is 0. The van der Waals surface area contributed by atoms with Crippen LogP contribution in [0.3, 0.4) is 0 Å². The monoisotopic (exact) mass is 251 g/mol. The van der Waals surface area contributed by atoms with Crippen molar-refractivity contribution in [2.75, 3.05) is 0 Å². The lowest BCUT2D eigenvalue weighted by atomic mass is 9.97. The molecule has 0 spiro atoms. The van der Waals surface area contributed by atoms with Crippen molar-refractivity contribution in [2.45, 2.75) is 64.8 Å². The van der Waals surface area contributed by atoms with Crippen LogP contribution in [-0.2, 0) is 6.42 Å². The first-order valence-corrected chi connectivity index (χ1v) is 7.14. The fraction of sp³-hybridized carbons (Fsp3) is 0.625. The summed E-state index contributed by atoms with van der Waals surface area (Å²) in [6.45, 7) is 4.24. The Balaban J connectivity index is 2.30. The maximum Gasteiger partial charge on any atom is 0.123 e. The lowest BCUT2D eigenvalue weighted by molar-refractivity contribution is 0.536. The average molecular weight is 251 g/mol. The van der Waals surface area contributed by atoms with Crippen molar-refractivity contribution in [2.24, 2.45) is 5.73 Å². The first-order valence-electron chi connectivity index (χ1n) is 7.14. The summed E-state index contributed by atoms with van der Waals surface area (Å²) in [6.07, 6.45) is 8.19. The first-order chi connectivity index (χ1) is 8.63. The molecule has 0 aliphatic rings. The molecule has 0 bridgehead atoms. The third kappa shape index (κ3) is 5.63. The van der Waals surface area contributed by atoms with E-state index in [9.17, 15) is 4.39 Å². The van der Waals surface area contributed by atoms with E-state index in [2.05, 4.69) is 6.92 Å². The number of hydrogen-bond donors (Lipinski definition) is 1. The number of benzene rings is 1. The Morgan fingerprint density at radius 3 is 2.61 bits per heavy atom. The largest absolute Gasteiger partial charge is 0.327 e. The van der Waals surface area contributed by atoms with E-state index in [0.717, 1.165) is 24.0 Å². The van der Waals surface area contributed by atoms with E-state index < -0.39 is 0 Å². The predicted molar refractivity (Wildman–Crippen MR) is 76.2 cm³/mol. The van der Waals surface area contributed by atoms with Gasteiger partial charge in [-0.1, -0.05) is 45.1 Å². The number of aryl methyl sites for hydroxylation is 1. The van der Waals surface area contributed by atoms with Crippen LogP contribution in [0.2, 0.25) is 0 Å². The maximum atomic E-state index is 13.1. The topological polar surface area (TPSA) is 26.0 Å².